The monoisotopic (exact) mass is 415 g/mol. The van der Waals surface area contributed by atoms with Crippen LogP contribution in [0.1, 0.15) is 36.9 Å². The number of ketones is 1. The first-order valence-corrected chi connectivity index (χ1v) is 9.68. The molecule has 1 unspecified atom stereocenters. The lowest BCUT2D eigenvalue weighted by molar-refractivity contribution is -0.139. The average molecular weight is 416 g/mol. The van der Waals surface area contributed by atoms with E-state index in [1.54, 1.807) is 36.4 Å². The maximum absolute atomic E-state index is 12.8. The molecule has 0 radical (unpaired) electrons. The van der Waals surface area contributed by atoms with Crippen molar-refractivity contribution in [2.45, 2.75) is 25.8 Å². The quantitative estimate of drug-likeness (QED) is 0.418. The van der Waals surface area contributed by atoms with Gasteiger partial charge in [-0.25, -0.2) is 0 Å². The number of hydrogen-bond donors (Lipinski definition) is 2. The van der Waals surface area contributed by atoms with E-state index in [1.165, 1.54) is 18.1 Å². The van der Waals surface area contributed by atoms with Gasteiger partial charge in [-0.2, -0.15) is 0 Å². The number of ether oxygens (including phenoxy) is 1. The van der Waals surface area contributed by atoms with Crippen molar-refractivity contribution in [2.75, 3.05) is 13.7 Å². The van der Waals surface area contributed by atoms with Crippen LogP contribution in [0.2, 0.25) is 5.02 Å². The third-order valence-electron chi connectivity index (χ3n) is 4.93. The number of phenols is 1. The zero-order valence-corrected chi connectivity index (χ0v) is 16.9. The van der Waals surface area contributed by atoms with Gasteiger partial charge in [-0.05, 0) is 48.4 Å². The van der Waals surface area contributed by atoms with Crippen LogP contribution in [0.15, 0.2) is 48.0 Å². The number of methoxy groups -OCH3 is 1. The van der Waals surface area contributed by atoms with Crippen molar-refractivity contribution in [2.24, 2.45) is 0 Å². The highest BCUT2D eigenvalue weighted by atomic mass is 35.5. The standard InChI is InChI=1S/C22H22ClNO5/c1-3-4-11-24-19(14-7-10-16(25)17(12-14)29-2)18(21(27)22(24)28)20(26)13-5-8-15(23)9-6-13/h5-10,12,19,25-26H,3-4,11H2,1-2H3. The largest absolute Gasteiger partial charge is 0.507 e. The second-order valence-electron chi connectivity index (χ2n) is 6.78. The minimum Gasteiger partial charge on any atom is -0.507 e. The van der Waals surface area contributed by atoms with E-state index in [4.69, 9.17) is 16.3 Å². The molecule has 0 bridgehead atoms. The SMILES string of the molecule is CCCCN1C(=O)C(=O)C(=C(O)c2ccc(Cl)cc2)C1c1ccc(O)c(OC)c1. The van der Waals surface area contributed by atoms with E-state index in [1.807, 2.05) is 6.92 Å². The Labute approximate surface area is 174 Å². The van der Waals surface area contributed by atoms with Gasteiger partial charge in [0.25, 0.3) is 11.7 Å². The number of likely N-dealkylation sites (tertiary alicyclic amines) is 1. The first-order chi connectivity index (χ1) is 13.9. The van der Waals surface area contributed by atoms with Crippen LogP contribution in [-0.2, 0) is 9.59 Å². The number of rotatable bonds is 6. The number of aliphatic hydroxyl groups excluding tert-OH is 1. The lowest BCUT2D eigenvalue weighted by Gasteiger charge is -2.25. The van der Waals surface area contributed by atoms with Gasteiger partial charge in [0.2, 0.25) is 0 Å². The summed E-state index contributed by atoms with van der Waals surface area (Å²) in [5.74, 6) is -1.51. The van der Waals surface area contributed by atoms with Crippen LogP contribution in [0.25, 0.3) is 5.76 Å². The van der Waals surface area contributed by atoms with Gasteiger partial charge >= 0.3 is 0 Å². The van der Waals surface area contributed by atoms with E-state index in [-0.39, 0.29) is 22.8 Å². The van der Waals surface area contributed by atoms with Gasteiger partial charge in [0.15, 0.2) is 11.5 Å². The summed E-state index contributed by atoms with van der Waals surface area (Å²) in [6, 6.07) is 10.2. The Kier molecular flexibility index (Phi) is 6.13. The van der Waals surface area contributed by atoms with Gasteiger partial charge in [0, 0.05) is 17.1 Å². The predicted octanol–water partition coefficient (Wildman–Crippen LogP) is 4.28. The Bertz CT molecular complexity index is 968. The molecule has 0 aromatic heterocycles. The molecule has 1 heterocycles. The van der Waals surface area contributed by atoms with Crippen LogP contribution in [0.4, 0.5) is 0 Å². The van der Waals surface area contributed by atoms with E-state index in [0.717, 1.165) is 6.42 Å². The fourth-order valence-corrected chi connectivity index (χ4v) is 3.54. The van der Waals surface area contributed by atoms with Gasteiger partial charge in [-0.1, -0.05) is 31.0 Å². The highest BCUT2D eigenvalue weighted by molar-refractivity contribution is 6.46. The summed E-state index contributed by atoms with van der Waals surface area (Å²) in [5, 5.41) is 21.3. The topological polar surface area (TPSA) is 87.1 Å². The van der Waals surface area contributed by atoms with Crippen LogP contribution in [-0.4, -0.2) is 40.5 Å². The first-order valence-electron chi connectivity index (χ1n) is 9.30. The Hall–Kier alpha value is -2.99. The van der Waals surface area contributed by atoms with E-state index in [2.05, 4.69) is 0 Å². The number of aromatic hydroxyl groups is 1. The number of nitrogens with zero attached hydrogens (tertiary/aromatic N) is 1. The van der Waals surface area contributed by atoms with Crippen LogP contribution < -0.4 is 4.74 Å². The predicted molar refractivity (Wildman–Crippen MR) is 110 cm³/mol. The Morgan fingerprint density at radius 2 is 1.86 bits per heavy atom. The number of aliphatic hydroxyl groups is 1. The molecule has 2 N–H and O–H groups in total. The first kappa shape index (κ1) is 20.7. The van der Waals surface area contributed by atoms with Crippen molar-refractivity contribution in [3.05, 3.63) is 64.2 Å². The van der Waals surface area contributed by atoms with Gasteiger partial charge in [-0.15, -0.1) is 0 Å². The molecule has 0 aliphatic carbocycles. The minimum atomic E-state index is -0.785. The molecule has 0 saturated carbocycles. The zero-order chi connectivity index (χ0) is 21.1. The summed E-state index contributed by atoms with van der Waals surface area (Å²) in [5.41, 5.74) is 0.949. The second-order valence-corrected chi connectivity index (χ2v) is 7.22. The third-order valence-corrected chi connectivity index (χ3v) is 5.18. The maximum Gasteiger partial charge on any atom is 0.295 e. The Morgan fingerprint density at radius 1 is 1.17 bits per heavy atom. The molecule has 152 valence electrons. The average Bonchev–Trinajstić information content (AvgIpc) is 2.97. The number of carbonyl (C=O) groups excluding carboxylic acids is 2. The molecule has 2 aromatic carbocycles. The lowest BCUT2D eigenvalue weighted by atomic mass is 9.95. The van der Waals surface area contributed by atoms with Gasteiger partial charge in [-0.3, -0.25) is 9.59 Å². The fourth-order valence-electron chi connectivity index (χ4n) is 3.41. The number of amides is 1. The molecule has 1 fully saturated rings. The zero-order valence-electron chi connectivity index (χ0n) is 16.2. The maximum atomic E-state index is 12.8. The summed E-state index contributed by atoms with van der Waals surface area (Å²) in [7, 11) is 1.42. The highest BCUT2D eigenvalue weighted by Crippen LogP contribution is 2.41. The van der Waals surface area contributed by atoms with Crippen LogP contribution in [0.5, 0.6) is 11.5 Å². The van der Waals surface area contributed by atoms with Crippen LogP contribution in [0, 0.1) is 0 Å². The molecule has 1 aliphatic heterocycles. The molecule has 1 amide bonds. The molecule has 7 heteroatoms. The summed E-state index contributed by atoms with van der Waals surface area (Å²) in [4.78, 5) is 27.1. The van der Waals surface area contributed by atoms with Crippen molar-refractivity contribution < 1.29 is 24.5 Å². The normalized spacial score (nSPS) is 18.3. The number of Topliss-reactive ketones (excluding diaryl/α,β-unsaturated/α-hetero) is 1. The van der Waals surface area contributed by atoms with Gasteiger partial charge in [0.1, 0.15) is 5.76 Å². The summed E-state index contributed by atoms with van der Waals surface area (Å²) >= 11 is 5.92. The fraction of sp³-hybridized carbons (Fsp3) is 0.273. The third kappa shape index (κ3) is 3.93. The van der Waals surface area contributed by atoms with Gasteiger partial charge < -0.3 is 19.8 Å². The van der Waals surface area contributed by atoms with Crippen molar-refractivity contribution >= 4 is 29.1 Å². The molecular weight excluding hydrogens is 394 g/mol. The smallest absolute Gasteiger partial charge is 0.295 e. The Balaban J connectivity index is 2.18. The van der Waals surface area contributed by atoms with Crippen molar-refractivity contribution in [1.29, 1.82) is 0 Å². The highest BCUT2D eigenvalue weighted by Gasteiger charge is 2.45. The van der Waals surface area contributed by atoms with Crippen LogP contribution >= 0.6 is 11.6 Å². The van der Waals surface area contributed by atoms with E-state index in [0.29, 0.717) is 29.1 Å². The number of benzene rings is 2. The molecule has 1 aliphatic rings. The Morgan fingerprint density at radius 3 is 2.48 bits per heavy atom. The van der Waals surface area contributed by atoms with E-state index < -0.39 is 17.7 Å². The van der Waals surface area contributed by atoms with Crippen LogP contribution in [0.3, 0.4) is 0 Å². The minimum absolute atomic E-state index is 0.00108. The molecule has 3 rings (SSSR count). The molecule has 1 saturated heterocycles. The van der Waals surface area contributed by atoms with Crippen molar-refractivity contribution in [3.63, 3.8) is 0 Å². The molecule has 2 aromatic rings. The number of phenolic OH excluding ortho intramolecular Hbond substituents is 1. The lowest BCUT2D eigenvalue weighted by Crippen LogP contribution is -2.30. The number of halogens is 1. The van der Waals surface area contributed by atoms with E-state index in [9.17, 15) is 19.8 Å². The number of hydrogen-bond acceptors (Lipinski definition) is 5. The number of carbonyl (C=O) groups is 2. The summed E-state index contributed by atoms with van der Waals surface area (Å²) < 4.78 is 5.18. The van der Waals surface area contributed by atoms with Crippen molar-refractivity contribution in [3.8, 4) is 11.5 Å². The number of unbranched alkanes of at least 4 members (excludes halogenated alkanes) is 1. The summed E-state index contributed by atoms with van der Waals surface area (Å²) in [6.45, 7) is 2.36. The van der Waals surface area contributed by atoms with E-state index >= 15 is 0 Å². The van der Waals surface area contributed by atoms with Crippen molar-refractivity contribution in [1.82, 2.24) is 4.90 Å². The second kappa shape index (κ2) is 8.57. The molecule has 0 spiro atoms. The molecule has 6 nitrogen and oxygen atoms in total. The van der Waals surface area contributed by atoms with Gasteiger partial charge in [0.05, 0.1) is 18.7 Å². The summed E-state index contributed by atoms with van der Waals surface area (Å²) in [6.07, 6.45) is 1.55. The molecule has 1 atom stereocenters. The molecule has 29 heavy (non-hydrogen) atoms. The molecular formula is C22H22ClNO5.